The van der Waals surface area contributed by atoms with Gasteiger partial charge in [-0.1, -0.05) is 42.5 Å². The number of ketones is 1. The first-order chi connectivity index (χ1) is 14.5. The van der Waals surface area contributed by atoms with E-state index in [0.717, 1.165) is 22.4 Å². The number of amides is 1. The zero-order valence-corrected chi connectivity index (χ0v) is 16.9. The summed E-state index contributed by atoms with van der Waals surface area (Å²) < 4.78 is 5.13. The number of hydrogen-bond acceptors (Lipinski definition) is 5. The minimum Gasteiger partial charge on any atom is -0.497 e. The van der Waals surface area contributed by atoms with E-state index in [1.54, 1.807) is 37.6 Å². The van der Waals surface area contributed by atoms with Gasteiger partial charge in [-0.25, -0.2) is 4.98 Å². The highest BCUT2D eigenvalue weighted by molar-refractivity contribution is 5.98. The first-order valence-corrected chi connectivity index (χ1v) is 9.76. The van der Waals surface area contributed by atoms with Gasteiger partial charge in [0.1, 0.15) is 11.6 Å². The van der Waals surface area contributed by atoms with Crippen molar-refractivity contribution in [3.8, 4) is 5.75 Å². The molecule has 0 aliphatic rings. The van der Waals surface area contributed by atoms with Gasteiger partial charge in [-0.2, -0.15) is 0 Å². The van der Waals surface area contributed by atoms with Crippen molar-refractivity contribution in [2.75, 3.05) is 12.8 Å². The first kappa shape index (κ1) is 21.0. The molecule has 1 heterocycles. The summed E-state index contributed by atoms with van der Waals surface area (Å²) in [6.45, 7) is 0.422. The average Bonchev–Trinajstić information content (AvgIpc) is 2.78. The molecule has 0 saturated carbocycles. The van der Waals surface area contributed by atoms with Crippen molar-refractivity contribution in [3.05, 3.63) is 89.1 Å². The predicted molar refractivity (Wildman–Crippen MR) is 116 cm³/mol. The molecule has 3 aromatic rings. The smallest absolute Gasteiger partial charge is 0.220 e. The number of ether oxygens (including phenoxy) is 1. The minimum absolute atomic E-state index is 0.0157. The number of benzene rings is 2. The van der Waals surface area contributed by atoms with Gasteiger partial charge < -0.3 is 15.8 Å². The fourth-order valence-electron chi connectivity index (χ4n) is 3.02. The number of carbonyl (C=O) groups is 2. The number of aryl methyl sites for hydroxylation is 1. The molecule has 1 aromatic heterocycles. The number of nitrogens with one attached hydrogen (secondary N) is 1. The van der Waals surface area contributed by atoms with Crippen LogP contribution in [0.15, 0.2) is 66.9 Å². The van der Waals surface area contributed by atoms with Crippen molar-refractivity contribution in [2.24, 2.45) is 0 Å². The molecule has 30 heavy (non-hydrogen) atoms. The van der Waals surface area contributed by atoms with Gasteiger partial charge in [-0.15, -0.1) is 0 Å². The van der Waals surface area contributed by atoms with E-state index in [1.165, 1.54) is 0 Å². The van der Waals surface area contributed by atoms with Crippen LogP contribution in [0.25, 0.3) is 0 Å². The van der Waals surface area contributed by atoms with Crippen molar-refractivity contribution in [2.45, 2.75) is 25.8 Å². The summed E-state index contributed by atoms with van der Waals surface area (Å²) in [5.41, 5.74) is 9.15. The van der Waals surface area contributed by atoms with Crippen LogP contribution in [0.2, 0.25) is 0 Å². The summed E-state index contributed by atoms with van der Waals surface area (Å²) in [6, 6.07) is 18.5. The summed E-state index contributed by atoms with van der Waals surface area (Å²) in [4.78, 5) is 28.6. The Labute approximate surface area is 176 Å². The van der Waals surface area contributed by atoms with Crippen LogP contribution in [-0.2, 0) is 24.2 Å². The molecular formula is C24H25N3O3. The van der Waals surface area contributed by atoms with Gasteiger partial charge in [0.15, 0.2) is 5.78 Å². The Hall–Kier alpha value is -3.67. The average molecular weight is 403 g/mol. The van der Waals surface area contributed by atoms with Crippen LogP contribution in [0, 0.1) is 0 Å². The van der Waals surface area contributed by atoms with Crippen molar-refractivity contribution in [3.63, 3.8) is 0 Å². The van der Waals surface area contributed by atoms with Crippen LogP contribution in [-0.4, -0.2) is 23.8 Å². The highest BCUT2D eigenvalue weighted by Gasteiger charge is 2.10. The van der Waals surface area contributed by atoms with Crippen LogP contribution < -0.4 is 15.8 Å². The molecule has 3 rings (SSSR count). The molecule has 0 fully saturated rings. The maximum absolute atomic E-state index is 12.4. The molecule has 0 radical (unpaired) electrons. The van der Waals surface area contributed by atoms with Gasteiger partial charge in [-0.3, -0.25) is 9.59 Å². The molecule has 0 bridgehead atoms. The van der Waals surface area contributed by atoms with Crippen molar-refractivity contribution in [1.82, 2.24) is 10.3 Å². The first-order valence-electron chi connectivity index (χ1n) is 9.76. The van der Waals surface area contributed by atoms with Crippen LogP contribution in [0.1, 0.15) is 33.5 Å². The number of pyridine rings is 1. The van der Waals surface area contributed by atoms with Gasteiger partial charge in [0, 0.05) is 36.7 Å². The Morgan fingerprint density at radius 2 is 1.70 bits per heavy atom. The Bertz CT molecular complexity index is 999. The van der Waals surface area contributed by atoms with Crippen molar-refractivity contribution < 1.29 is 14.3 Å². The number of nitrogens with two attached hydrogens (primary N) is 1. The molecule has 0 aliphatic carbocycles. The molecule has 0 atom stereocenters. The summed E-state index contributed by atoms with van der Waals surface area (Å²) in [5, 5.41) is 2.91. The molecule has 0 saturated heterocycles. The number of hydrogen-bond donors (Lipinski definition) is 2. The third-order valence-electron chi connectivity index (χ3n) is 4.84. The second-order valence-electron chi connectivity index (χ2n) is 6.97. The fraction of sp³-hybridized carbons (Fsp3) is 0.208. The molecule has 154 valence electrons. The molecule has 0 spiro atoms. The van der Waals surface area contributed by atoms with E-state index in [2.05, 4.69) is 10.3 Å². The highest BCUT2D eigenvalue weighted by atomic mass is 16.5. The van der Waals surface area contributed by atoms with Gasteiger partial charge >= 0.3 is 0 Å². The number of methoxy groups -OCH3 is 1. The maximum Gasteiger partial charge on any atom is 0.220 e. The van der Waals surface area contributed by atoms with Crippen LogP contribution in [0.3, 0.4) is 0 Å². The highest BCUT2D eigenvalue weighted by Crippen LogP contribution is 2.14. The Morgan fingerprint density at radius 3 is 2.37 bits per heavy atom. The number of aromatic nitrogens is 1. The molecule has 2 aromatic carbocycles. The van der Waals surface area contributed by atoms with E-state index in [9.17, 15) is 9.59 Å². The second-order valence-corrected chi connectivity index (χ2v) is 6.97. The Balaban J connectivity index is 1.46. The SMILES string of the molecule is COc1ccc(CCC(=O)NCc2ccc(C(=O)Cc3cccnc3N)cc2)cc1. The van der Waals surface area contributed by atoms with E-state index in [0.29, 0.717) is 30.8 Å². The van der Waals surface area contributed by atoms with Crippen LogP contribution >= 0.6 is 0 Å². The Morgan fingerprint density at radius 1 is 1.00 bits per heavy atom. The molecule has 0 unspecified atom stereocenters. The molecule has 3 N–H and O–H groups in total. The maximum atomic E-state index is 12.4. The molecule has 6 nitrogen and oxygen atoms in total. The normalized spacial score (nSPS) is 10.4. The number of nitrogen functional groups attached to an aromatic ring is 1. The van der Waals surface area contributed by atoms with Crippen molar-refractivity contribution >= 4 is 17.5 Å². The quantitative estimate of drug-likeness (QED) is 0.535. The van der Waals surface area contributed by atoms with E-state index >= 15 is 0 Å². The topological polar surface area (TPSA) is 94.3 Å². The van der Waals surface area contributed by atoms with E-state index in [-0.39, 0.29) is 18.1 Å². The largest absolute Gasteiger partial charge is 0.497 e. The van der Waals surface area contributed by atoms with Gasteiger partial charge in [-0.05, 0) is 35.7 Å². The zero-order chi connectivity index (χ0) is 21.3. The Kier molecular flexibility index (Phi) is 7.16. The predicted octanol–water partition coefficient (Wildman–Crippen LogP) is 3.35. The van der Waals surface area contributed by atoms with Crippen LogP contribution in [0.5, 0.6) is 5.75 Å². The summed E-state index contributed by atoms with van der Waals surface area (Å²) >= 11 is 0. The third-order valence-corrected chi connectivity index (χ3v) is 4.84. The molecular weight excluding hydrogens is 378 g/mol. The summed E-state index contributed by atoms with van der Waals surface area (Å²) in [7, 11) is 1.63. The van der Waals surface area contributed by atoms with Gasteiger partial charge in [0.25, 0.3) is 0 Å². The standard InChI is InChI=1S/C24H25N3O3/c1-30-21-11-6-17(7-12-21)8-13-23(29)27-16-18-4-9-19(10-5-18)22(28)15-20-3-2-14-26-24(20)25/h2-7,9-12,14H,8,13,15-16H2,1H3,(H2,25,26)(H,27,29). The lowest BCUT2D eigenvalue weighted by Crippen LogP contribution is -2.23. The zero-order valence-electron chi connectivity index (χ0n) is 16.9. The van der Waals surface area contributed by atoms with Gasteiger partial charge in [0.2, 0.25) is 5.91 Å². The molecule has 1 amide bonds. The summed E-state index contributed by atoms with van der Waals surface area (Å²) in [5.74, 6) is 1.14. The van der Waals surface area contributed by atoms with E-state index in [4.69, 9.17) is 10.5 Å². The monoisotopic (exact) mass is 403 g/mol. The van der Waals surface area contributed by atoms with Crippen LogP contribution in [0.4, 0.5) is 5.82 Å². The summed E-state index contributed by atoms with van der Waals surface area (Å²) in [6.07, 6.45) is 2.89. The number of Topliss-reactive ketones (excluding diaryl/α,β-unsaturated/α-hetero) is 1. The minimum atomic E-state index is -0.0234. The van der Waals surface area contributed by atoms with E-state index < -0.39 is 0 Å². The third kappa shape index (κ3) is 5.91. The fourth-order valence-corrected chi connectivity index (χ4v) is 3.02. The second kappa shape index (κ2) is 10.2. The van der Waals surface area contributed by atoms with Crippen molar-refractivity contribution in [1.29, 1.82) is 0 Å². The molecule has 0 aliphatic heterocycles. The number of carbonyl (C=O) groups excluding carboxylic acids is 2. The lowest BCUT2D eigenvalue weighted by atomic mass is 10.0. The number of anilines is 1. The number of nitrogens with zero attached hydrogens (tertiary/aromatic N) is 1. The lowest BCUT2D eigenvalue weighted by Gasteiger charge is -2.08. The van der Waals surface area contributed by atoms with Gasteiger partial charge in [0.05, 0.1) is 7.11 Å². The molecule has 6 heteroatoms. The van der Waals surface area contributed by atoms with E-state index in [1.807, 2.05) is 36.4 Å². The lowest BCUT2D eigenvalue weighted by molar-refractivity contribution is -0.121. The number of rotatable bonds is 9.